The molecule has 2 aromatic rings. The van der Waals surface area contributed by atoms with Gasteiger partial charge in [-0.2, -0.15) is 0 Å². The summed E-state index contributed by atoms with van der Waals surface area (Å²) in [5, 5.41) is 1.14. The Bertz CT molecular complexity index is 727. The zero-order chi connectivity index (χ0) is 17.3. The lowest BCUT2D eigenvalue weighted by molar-refractivity contribution is 0.0178. The molecule has 1 aliphatic rings. The minimum absolute atomic E-state index is 0.196. The molecule has 0 bridgehead atoms. The summed E-state index contributed by atoms with van der Waals surface area (Å²) < 4.78 is 8.75. The molecule has 0 radical (unpaired) electrons. The Balaban J connectivity index is 1.59. The lowest BCUT2D eigenvalue weighted by Gasteiger charge is -2.33. The maximum Gasteiger partial charge on any atom is 0.410 e. The lowest BCUT2D eigenvalue weighted by Crippen LogP contribution is -2.42. The molecular formula is C18H24BrN3O2. The van der Waals surface area contributed by atoms with Crippen LogP contribution >= 0.6 is 15.9 Å². The van der Waals surface area contributed by atoms with Crippen LogP contribution in [-0.2, 0) is 11.3 Å². The molecule has 3 rings (SSSR count). The van der Waals surface area contributed by atoms with Gasteiger partial charge in [0.05, 0.1) is 0 Å². The molecule has 0 aromatic carbocycles. The van der Waals surface area contributed by atoms with Crippen LogP contribution in [0.1, 0.15) is 33.6 Å². The zero-order valence-corrected chi connectivity index (χ0v) is 16.0. The van der Waals surface area contributed by atoms with Gasteiger partial charge in [-0.05, 0) is 67.6 Å². The molecule has 1 amide bonds. The molecule has 0 N–H and O–H groups in total. The summed E-state index contributed by atoms with van der Waals surface area (Å²) in [7, 11) is 0. The summed E-state index contributed by atoms with van der Waals surface area (Å²) in [5.41, 5.74) is 0.579. The fraction of sp³-hybridized carbons (Fsp3) is 0.556. The van der Waals surface area contributed by atoms with Crippen LogP contribution in [0.25, 0.3) is 11.0 Å². The summed E-state index contributed by atoms with van der Waals surface area (Å²) in [4.78, 5) is 18.5. The van der Waals surface area contributed by atoms with Crippen molar-refractivity contribution in [1.82, 2.24) is 14.5 Å². The highest BCUT2D eigenvalue weighted by Gasteiger charge is 2.27. The average molecular weight is 394 g/mol. The number of aromatic nitrogens is 2. The van der Waals surface area contributed by atoms with Crippen LogP contribution in [0.4, 0.5) is 4.79 Å². The number of hydrogen-bond donors (Lipinski definition) is 0. The van der Waals surface area contributed by atoms with Gasteiger partial charge in [0.15, 0.2) is 0 Å². The van der Waals surface area contributed by atoms with Gasteiger partial charge in [-0.15, -0.1) is 0 Å². The lowest BCUT2D eigenvalue weighted by atomic mass is 9.97. The van der Waals surface area contributed by atoms with Crippen LogP contribution in [0.3, 0.4) is 0 Å². The van der Waals surface area contributed by atoms with E-state index >= 15 is 0 Å². The number of carbonyl (C=O) groups excluding carboxylic acids is 1. The van der Waals surface area contributed by atoms with Crippen molar-refractivity contribution in [3.05, 3.63) is 29.0 Å². The molecule has 24 heavy (non-hydrogen) atoms. The van der Waals surface area contributed by atoms with E-state index in [1.165, 1.54) is 0 Å². The number of ether oxygens (including phenoxy) is 1. The van der Waals surface area contributed by atoms with Gasteiger partial charge in [0.2, 0.25) is 0 Å². The monoisotopic (exact) mass is 393 g/mol. The first-order chi connectivity index (χ1) is 11.3. The summed E-state index contributed by atoms with van der Waals surface area (Å²) in [6, 6.07) is 4.06. The first-order valence-corrected chi connectivity index (χ1v) is 9.20. The molecule has 1 aliphatic heterocycles. The Hall–Kier alpha value is -1.56. The van der Waals surface area contributed by atoms with Crippen molar-refractivity contribution in [2.75, 3.05) is 13.1 Å². The quantitative estimate of drug-likeness (QED) is 0.756. The normalized spacial score (nSPS) is 16.6. The van der Waals surface area contributed by atoms with Crippen LogP contribution < -0.4 is 0 Å². The highest BCUT2D eigenvalue weighted by Crippen LogP contribution is 2.26. The fourth-order valence-electron chi connectivity index (χ4n) is 3.11. The Kier molecular flexibility index (Phi) is 4.85. The van der Waals surface area contributed by atoms with Gasteiger partial charge in [0, 0.05) is 41.9 Å². The van der Waals surface area contributed by atoms with E-state index in [0.717, 1.165) is 48.0 Å². The Morgan fingerprint density at radius 3 is 2.71 bits per heavy atom. The largest absolute Gasteiger partial charge is 0.444 e. The molecule has 2 aromatic heterocycles. The van der Waals surface area contributed by atoms with Gasteiger partial charge >= 0.3 is 6.09 Å². The molecule has 1 fully saturated rings. The van der Waals surface area contributed by atoms with Crippen molar-refractivity contribution < 1.29 is 9.53 Å². The highest BCUT2D eigenvalue weighted by molar-refractivity contribution is 9.10. The number of hydrogen-bond acceptors (Lipinski definition) is 3. The van der Waals surface area contributed by atoms with Crippen LogP contribution in [0.5, 0.6) is 0 Å². The third-order valence-corrected chi connectivity index (χ3v) is 5.02. The number of halogens is 1. The maximum absolute atomic E-state index is 12.1. The number of rotatable bonds is 2. The Morgan fingerprint density at radius 1 is 1.33 bits per heavy atom. The molecule has 6 heteroatoms. The van der Waals surface area contributed by atoms with Gasteiger partial charge in [0.25, 0.3) is 0 Å². The minimum Gasteiger partial charge on any atom is -0.444 e. The number of fused-ring (bicyclic) bond motifs is 1. The zero-order valence-electron chi connectivity index (χ0n) is 14.5. The number of carbonyl (C=O) groups is 1. The molecule has 1 saturated heterocycles. The van der Waals surface area contributed by atoms with Crippen LogP contribution in [0.2, 0.25) is 0 Å². The fourth-order valence-corrected chi connectivity index (χ4v) is 3.54. The topological polar surface area (TPSA) is 47.4 Å². The van der Waals surface area contributed by atoms with Gasteiger partial charge in [0.1, 0.15) is 11.2 Å². The van der Waals surface area contributed by atoms with Gasteiger partial charge in [-0.25, -0.2) is 9.78 Å². The van der Waals surface area contributed by atoms with Crippen molar-refractivity contribution in [2.24, 2.45) is 5.92 Å². The van der Waals surface area contributed by atoms with Crippen molar-refractivity contribution in [3.63, 3.8) is 0 Å². The molecule has 0 aliphatic carbocycles. The summed E-state index contributed by atoms with van der Waals surface area (Å²) in [6.07, 6.45) is 5.72. The summed E-state index contributed by atoms with van der Waals surface area (Å²) in [6.45, 7) is 8.17. The second-order valence-electron chi connectivity index (χ2n) is 7.41. The molecule has 3 heterocycles. The first-order valence-electron chi connectivity index (χ1n) is 8.41. The Morgan fingerprint density at radius 2 is 2.04 bits per heavy atom. The summed E-state index contributed by atoms with van der Waals surface area (Å²) >= 11 is 3.57. The van der Waals surface area contributed by atoms with E-state index in [4.69, 9.17) is 4.74 Å². The summed E-state index contributed by atoms with van der Waals surface area (Å²) in [5.74, 6) is 0.556. The second kappa shape index (κ2) is 6.75. The van der Waals surface area contributed by atoms with Crippen molar-refractivity contribution >= 4 is 33.1 Å². The van der Waals surface area contributed by atoms with Crippen LogP contribution in [-0.4, -0.2) is 39.2 Å². The van der Waals surface area contributed by atoms with Gasteiger partial charge < -0.3 is 14.2 Å². The number of pyridine rings is 1. The Labute approximate surface area is 151 Å². The smallest absolute Gasteiger partial charge is 0.410 e. The van der Waals surface area contributed by atoms with Crippen LogP contribution in [0, 0.1) is 5.92 Å². The number of amides is 1. The van der Waals surface area contributed by atoms with E-state index in [9.17, 15) is 4.79 Å². The molecule has 0 saturated carbocycles. The molecule has 0 unspecified atom stereocenters. The SMILES string of the molecule is CC(C)(C)OC(=O)N1CCC(Cn2ccc3c(Br)ccnc32)CC1. The maximum atomic E-state index is 12.1. The van der Waals surface area contributed by atoms with E-state index in [1.807, 2.05) is 37.9 Å². The second-order valence-corrected chi connectivity index (χ2v) is 8.26. The first kappa shape index (κ1) is 17.3. The number of nitrogens with zero attached hydrogens (tertiary/aromatic N) is 3. The predicted molar refractivity (Wildman–Crippen MR) is 98.0 cm³/mol. The minimum atomic E-state index is -0.433. The van der Waals surface area contributed by atoms with Crippen molar-refractivity contribution in [2.45, 2.75) is 45.8 Å². The number of likely N-dealkylation sites (tertiary alicyclic amines) is 1. The van der Waals surface area contributed by atoms with Crippen molar-refractivity contribution in [1.29, 1.82) is 0 Å². The molecular weight excluding hydrogens is 370 g/mol. The molecule has 0 atom stereocenters. The van der Waals surface area contributed by atoms with Crippen LogP contribution in [0.15, 0.2) is 29.0 Å². The highest BCUT2D eigenvalue weighted by atomic mass is 79.9. The van der Waals surface area contributed by atoms with Gasteiger partial charge in [-0.1, -0.05) is 0 Å². The van der Waals surface area contributed by atoms with Gasteiger partial charge in [-0.3, -0.25) is 0 Å². The van der Waals surface area contributed by atoms with E-state index in [1.54, 1.807) is 0 Å². The van der Waals surface area contributed by atoms with E-state index in [-0.39, 0.29) is 6.09 Å². The van der Waals surface area contributed by atoms with Crippen molar-refractivity contribution in [3.8, 4) is 0 Å². The van der Waals surface area contributed by atoms with E-state index < -0.39 is 5.60 Å². The predicted octanol–water partition coefficient (Wildman–Crippen LogP) is 4.45. The molecule has 5 nitrogen and oxygen atoms in total. The molecule has 130 valence electrons. The van der Waals surface area contributed by atoms with E-state index in [2.05, 4.69) is 37.7 Å². The average Bonchev–Trinajstić information content (AvgIpc) is 2.91. The van der Waals surface area contributed by atoms with E-state index in [0.29, 0.717) is 5.92 Å². The third-order valence-electron chi connectivity index (χ3n) is 4.33. The third kappa shape index (κ3) is 3.91. The number of piperidine rings is 1. The standard InChI is InChI=1S/C18H24BrN3O2/c1-18(2,3)24-17(23)21-9-5-13(6-10-21)12-22-11-7-14-15(19)4-8-20-16(14)22/h4,7-8,11,13H,5-6,9-10,12H2,1-3H3. The molecule has 0 spiro atoms.